The van der Waals surface area contributed by atoms with Crippen LogP contribution >= 0.6 is 11.8 Å². The molecule has 1 unspecified atom stereocenters. The Hall–Kier alpha value is -0.510. The summed E-state index contributed by atoms with van der Waals surface area (Å²) in [6.45, 7) is 0. The fourth-order valence-electron chi connectivity index (χ4n) is 1.40. The van der Waals surface area contributed by atoms with Crippen molar-refractivity contribution in [3.63, 3.8) is 0 Å². The van der Waals surface area contributed by atoms with Crippen molar-refractivity contribution in [3.05, 3.63) is 0 Å². The molecule has 2 rings (SSSR count). The molecule has 0 saturated heterocycles. The minimum absolute atomic E-state index is 0.467. The van der Waals surface area contributed by atoms with Crippen LogP contribution in [0.3, 0.4) is 0 Å². The lowest BCUT2D eigenvalue weighted by atomic mass is 9.86. The zero-order chi connectivity index (χ0) is 8.55. The number of aliphatic carboxylic acids is 1. The summed E-state index contributed by atoms with van der Waals surface area (Å²) in [4.78, 5) is 14.7. The standard InChI is InChI=1S/C8H11NO2S/c10-8(11)6-4-12-7(9-6)5-2-1-3-5/h5-6H,1-4H2,(H,10,11). The number of carboxylic acids is 1. The molecule has 0 radical (unpaired) electrons. The van der Waals surface area contributed by atoms with Crippen LogP contribution in [0.2, 0.25) is 0 Å². The third kappa shape index (κ3) is 1.35. The van der Waals surface area contributed by atoms with Gasteiger partial charge < -0.3 is 5.11 Å². The summed E-state index contributed by atoms with van der Waals surface area (Å²) in [6, 6.07) is -0.467. The van der Waals surface area contributed by atoms with Crippen molar-refractivity contribution in [2.24, 2.45) is 10.9 Å². The molecule has 0 aromatic carbocycles. The molecule has 12 heavy (non-hydrogen) atoms. The SMILES string of the molecule is O=C(O)C1CSC(C2CCC2)=N1. The molecule has 1 heterocycles. The minimum Gasteiger partial charge on any atom is -0.480 e. The predicted molar refractivity (Wildman–Crippen MR) is 48.7 cm³/mol. The third-order valence-electron chi connectivity index (χ3n) is 2.41. The Labute approximate surface area is 75.3 Å². The first-order valence-electron chi connectivity index (χ1n) is 4.20. The van der Waals surface area contributed by atoms with Crippen LogP contribution in [0.1, 0.15) is 19.3 Å². The Morgan fingerprint density at radius 2 is 2.33 bits per heavy atom. The second-order valence-electron chi connectivity index (χ2n) is 3.26. The van der Waals surface area contributed by atoms with E-state index in [0.717, 1.165) is 5.04 Å². The maximum atomic E-state index is 10.6. The number of carboxylic acid groups (broad SMARTS) is 1. The number of aliphatic imine (C=N–C) groups is 1. The second kappa shape index (κ2) is 3.09. The fourth-order valence-corrected chi connectivity index (χ4v) is 2.62. The van der Waals surface area contributed by atoms with Crippen LogP contribution in [-0.2, 0) is 4.79 Å². The molecule has 1 aliphatic carbocycles. The molecule has 3 nitrogen and oxygen atoms in total. The van der Waals surface area contributed by atoms with Gasteiger partial charge in [-0.25, -0.2) is 4.79 Å². The van der Waals surface area contributed by atoms with E-state index in [2.05, 4.69) is 4.99 Å². The van der Waals surface area contributed by atoms with Crippen LogP contribution in [0.4, 0.5) is 0 Å². The molecule has 2 aliphatic rings. The van der Waals surface area contributed by atoms with Gasteiger partial charge in [0, 0.05) is 11.7 Å². The summed E-state index contributed by atoms with van der Waals surface area (Å²) in [7, 11) is 0. The molecule has 66 valence electrons. The molecular weight excluding hydrogens is 174 g/mol. The maximum Gasteiger partial charge on any atom is 0.329 e. The van der Waals surface area contributed by atoms with Gasteiger partial charge in [0.15, 0.2) is 6.04 Å². The Kier molecular flexibility index (Phi) is 2.09. The Bertz CT molecular complexity index is 235. The molecule has 0 bridgehead atoms. The number of hydrogen-bond acceptors (Lipinski definition) is 3. The number of nitrogens with zero attached hydrogens (tertiary/aromatic N) is 1. The lowest BCUT2D eigenvalue weighted by Crippen LogP contribution is -2.19. The molecule has 0 aromatic rings. The lowest BCUT2D eigenvalue weighted by Gasteiger charge is -2.24. The summed E-state index contributed by atoms with van der Waals surface area (Å²) < 4.78 is 0. The van der Waals surface area contributed by atoms with Crippen molar-refractivity contribution >= 4 is 22.8 Å². The van der Waals surface area contributed by atoms with Crippen LogP contribution < -0.4 is 0 Å². The molecular formula is C8H11NO2S. The van der Waals surface area contributed by atoms with Gasteiger partial charge in [-0.2, -0.15) is 0 Å². The first-order valence-corrected chi connectivity index (χ1v) is 5.19. The van der Waals surface area contributed by atoms with E-state index in [1.165, 1.54) is 19.3 Å². The van der Waals surface area contributed by atoms with E-state index in [4.69, 9.17) is 5.11 Å². The number of thioether (sulfide) groups is 1. The zero-order valence-electron chi connectivity index (χ0n) is 6.69. The molecule has 1 N–H and O–H groups in total. The van der Waals surface area contributed by atoms with E-state index in [-0.39, 0.29) is 0 Å². The number of hydrogen-bond donors (Lipinski definition) is 1. The molecule has 0 aromatic heterocycles. The molecule has 1 fully saturated rings. The highest BCUT2D eigenvalue weighted by atomic mass is 32.2. The topological polar surface area (TPSA) is 49.7 Å². The van der Waals surface area contributed by atoms with Crippen molar-refractivity contribution in [3.8, 4) is 0 Å². The van der Waals surface area contributed by atoms with E-state index in [0.29, 0.717) is 11.7 Å². The van der Waals surface area contributed by atoms with Gasteiger partial charge in [-0.15, -0.1) is 11.8 Å². The second-order valence-corrected chi connectivity index (χ2v) is 4.30. The molecule has 0 amide bonds. The van der Waals surface area contributed by atoms with Crippen molar-refractivity contribution in [1.82, 2.24) is 0 Å². The average molecular weight is 185 g/mol. The monoisotopic (exact) mass is 185 g/mol. The first-order chi connectivity index (χ1) is 5.77. The van der Waals surface area contributed by atoms with Crippen molar-refractivity contribution in [1.29, 1.82) is 0 Å². The molecule has 1 atom stereocenters. The van der Waals surface area contributed by atoms with Crippen molar-refractivity contribution < 1.29 is 9.90 Å². The number of rotatable bonds is 2. The minimum atomic E-state index is -0.781. The van der Waals surface area contributed by atoms with E-state index >= 15 is 0 Å². The van der Waals surface area contributed by atoms with E-state index in [1.807, 2.05) is 0 Å². The maximum absolute atomic E-state index is 10.6. The van der Waals surface area contributed by atoms with E-state index in [9.17, 15) is 4.79 Å². The summed E-state index contributed by atoms with van der Waals surface area (Å²) >= 11 is 1.63. The highest BCUT2D eigenvalue weighted by Crippen LogP contribution is 2.35. The van der Waals surface area contributed by atoms with Gasteiger partial charge >= 0.3 is 5.97 Å². The highest BCUT2D eigenvalue weighted by molar-refractivity contribution is 8.14. The Morgan fingerprint density at radius 3 is 2.75 bits per heavy atom. The molecule has 1 saturated carbocycles. The average Bonchev–Trinajstić information content (AvgIpc) is 2.32. The van der Waals surface area contributed by atoms with Crippen LogP contribution in [-0.4, -0.2) is 27.9 Å². The van der Waals surface area contributed by atoms with Crippen molar-refractivity contribution in [2.75, 3.05) is 5.75 Å². The summed E-state index contributed by atoms with van der Waals surface area (Å²) in [5.41, 5.74) is 0. The Balaban J connectivity index is 1.99. The van der Waals surface area contributed by atoms with E-state index in [1.54, 1.807) is 11.8 Å². The van der Waals surface area contributed by atoms with Crippen LogP contribution in [0.5, 0.6) is 0 Å². The number of carbonyl (C=O) groups is 1. The van der Waals surface area contributed by atoms with Crippen LogP contribution in [0.15, 0.2) is 4.99 Å². The lowest BCUT2D eigenvalue weighted by molar-refractivity contribution is -0.137. The Morgan fingerprint density at radius 1 is 1.58 bits per heavy atom. The van der Waals surface area contributed by atoms with Crippen LogP contribution in [0, 0.1) is 5.92 Å². The van der Waals surface area contributed by atoms with Gasteiger partial charge in [0.1, 0.15) is 0 Å². The van der Waals surface area contributed by atoms with Gasteiger partial charge in [-0.1, -0.05) is 6.42 Å². The van der Waals surface area contributed by atoms with Gasteiger partial charge in [0.2, 0.25) is 0 Å². The van der Waals surface area contributed by atoms with Gasteiger partial charge in [0.25, 0.3) is 0 Å². The molecule has 4 heteroatoms. The highest BCUT2D eigenvalue weighted by Gasteiger charge is 2.31. The zero-order valence-corrected chi connectivity index (χ0v) is 7.51. The summed E-state index contributed by atoms with van der Waals surface area (Å²) in [5.74, 6) is 0.456. The summed E-state index contributed by atoms with van der Waals surface area (Å²) in [6.07, 6.45) is 3.69. The predicted octanol–water partition coefficient (Wildman–Crippen LogP) is 1.39. The quantitative estimate of drug-likeness (QED) is 0.707. The first kappa shape index (κ1) is 8.10. The van der Waals surface area contributed by atoms with Gasteiger partial charge in [-0.3, -0.25) is 4.99 Å². The largest absolute Gasteiger partial charge is 0.480 e. The van der Waals surface area contributed by atoms with Gasteiger partial charge in [0.05, 0.1) is 5.04 Å². The third-order valence-corrected chi connectivity index (χ3v) is 3.63. The van der Waals surface area contributed by atoms with Gasteiger partial charge in [-0.05, 0) is 12.8 Å². The molecule has 1 aliphatic heterocycles. The normalized spacial score (nSPS) is 29.7. The van der Waals surface area contributed by atoms with E-state index < -0.39 is 12.0 Å². The fraction of sp³-hybridized carbons (Fsp3) is 0.750. The summed E-state index contributed by atoms with van der Waals surface area (Å²) in [5, 5.41) is 9.77. The molecule has 0 spiro atoms. The van der Waals surface area contributed by atoms with Crippen LogP contribution in [0.25, 0.3) is 0 Å². The van der Waals surface area contributed by atoms with Crippen molar-refractivity contribution in [2.45, 2.75) is 25.3 Å². The smallest absolute Gasteiger partial charge is 0.329 e.